The summed E-state index contributed by atoms with van der Waals surface area (Å²) < 4.78 is 0. The molecule has 224 valence electrons. The largest absolute Gasteiger partial charge is 0.481 e. The maximum atomic E-state index is 12.1. The average molecular weight is 559 g/mol. The molecule has 0 saturated carbocycles. The van der Waals surface area contributed by atoms with Crippen molar-refractivity contribution in [1.82, 2.24) is 10.6 Å². The Morgan fingerprint density at radius 1 is 0.632 bits per heavy atom. The summed E-state index contributed by atoms with van der Waals surface area (Å²) in [5.74, 6) is -0.377. The van der Waals surface area contributed by atoms with Crippen LogP contribution in [0.3, 0.4) is 0 Å². The van der Waals surface area contributed by atoms with Crippen molar-refractivity contribution in [2.75, 3.05) is 6.54 Å². The Kier molecular flexibility index (Phi) is 25.1. The minimum atomic E-state index is -0.872. The summed E-state index contributed by atoms with van der Waals surface area (Å²) in [4.78, 5) is 34.5. The lowest BCUT2D eigenvalue weighted by Crippen LogP contribution is -2.42. The third-order valence-corrected chi connectivity index (χ3v) is 7.24. The number of hydrogen-bond donors (Lipinski definition) is 5. The number of nitrogens with one attached hydrogen (secondary N) is 2. The first-order valence-electron chi connectivity index (χ1n) is 15.4. The quantitative estimate of drug-likeness (QED) is 0.0433. The van der Waals surface area contributed by atoms with Crippen LogP contribution >= 0.6 is 12.6 Å². The molecule has 0 aliphatic carbocycles. The zero-order chi connectivity index (χ0) is 28.4. The van der Waals surface area contributed by atoms with Crippen molar-refractivity contribution in [3.63, 3.8) is 0 Å². The van der Waals surface area contributed by atoms with Crippen molar-refractivity contribution < 1.29 is 24.6 Å². The lowest BCUT2D eigenvalue weighted by molar-refractivity contribution is -0.137. The zero-order valence-electron chi connectivity index (χ0n) is 24.4. The van der Waals surface area contributed by atoms with Gasteiger partial charge in [0.15, 0.2) is 0 Å². The molecular formula is C30H58N2O5S. The number of hydrogen-bond acceptors (Lipinski definition) is 5. The average Bonchev–Trinajstić information content (AvgIpc) is 2.85. The molecule has 0 aromatic carbocycles. The highest BCUT2D eigenvalue weighted by Crippen LogP contribution is 2.14. The molecular weight excluding hydrogens is 500 g/mol. The van der Waals surface area contributed by atoms with E-state index in [-0.39, 0.29) is 17.9 Å². The molecule has 8 heteroatoms. The maximum Gasteiger partial charge on any atom is 0.303 e. The Labute approximate surface area is 238 Å². The van der Waals surface area contributed by atoms with Crippen molar-refractivity contribution in [2.24, 2.45) is 5.92 Å². The van der Waals surface area contributed by atoms with Gasteiger partial charge in [-0.1, -0.05) is 104 Å². The van der Waals surface area contributed by atoms with Crippen molar-refractivity contribution in [3.05, 3.63) is 0 Å². The number of carboxylic acids is 1. The molecule has 0 radical (unpaired) electrons. The highest BCUT2D eigenvalue weighted by molar-refractivity contribution is 7.80. The van der Waals surface area contributed by atoms with E-state index in [1.807, 2.05) is 13.8 Å². The SMILES string of the molecule is CC(C)C[C@H](NC(=O)CCCNC(=O)CCCCCCCCCCCCCCCCCCC(=O)O)C(O)S. The third-order valence-electron chi connectivity index (χ3n) is 6.88. The number of carboxylic acid groups (broad SMARTS) is 1. The minimum Gasteiger partial charge on any atom is -0.481 e. The maximum absolute atomic E-state index is 12.1. The normalized spacial score (nSPS) is 12.9. The van der Waals surface area contributed by atoms with E-state index >= 15 is 0 Å². The van der Waals surface area contributed by atoms with Crippen LogP contribution in [0.25, 0.3) is 0 Å². The molecule has 0 aromatic heterocycles. The Morgan fingerprint density at radius 3 is 1.42 bits per heavy atom. The van der Waals surface area contributed by atoms with Gasteiger partial charge in [0.1, 0.15) is 5.44 Å². The number of aliphatic hydroxyl groups is 1. The minimum absolute atomic E-state index is 0.0621. The molecule has 0 saturated heterocycles. The molecule has 2 amide bonds. The number of carbonyl (C=O) groups excluding carboxylic acids is 2. The predicted octanol–water partition coefficient (Wildman–Crippen LogP) is 6.77. The van der Waals surface area contributed by atoms with Gasteiger partial charge in [-0.25, -0.2) is 0 Å². The Bertz CT molecular complexity index is 601. The number of rotatable bonds is 27. The van der Waals surface area contributed by atoms with E-state index in [0.717, 1.165) is 25.7 Å². The fourth-order valence-electron chi connectivity index (χ4n) is 4.64. The summed E-state index contributed by atoms with van der Waals surface area (Å²) >= 11 is 4.05. The number of aliphatic carboxylic acids is 1. The van der Waals surface area contributed by atoms with Gasteiger partial charge in [0.2, 0.25) is 11.8 Å². The van der Waals surface area contributed by atoms with Gasteiger partial charge in [0.25, 0.3) is 0 Å². The van der Waals surface area contributed by atoms with Gasteiger partial charge in [-0.05, 0) is 31.6 Å². The van der Waals surface area contributed by atoms with Crippen molar-refractivity contribution >= 4 is 30.4 Å². The highest BCUT2D eigenvalue weighted by atomic mass is 32.1. The summed E-state index contributed by atoms with van der Waals surface area (Å²) in [5.41, 5.74) is -0.872. The Balaban J connectivity index is 3.41. The Morgan fingerprint density at radius 2 is 1.03 bits per heavy atom. The van der Waals surface area contributed by atoms with Crippen LogP contribution in [0.1, 0.15) is 149 Å². The van der Waals surface area contributed by atoms with Crippen LogP contribution in [0.15, 0.2) is 0 Å². The van der Waals surface area contributed by atoms with E-state index in [1.54, 1.807) is 0 Å². The highest BCUT2D eigenvalue weighted by Gasteiger charge is 2.19. The Hall–Kier alpha value is -1.28. The molecule has 4 N–H and O–H groups in total. The monoisotopic (exact) mass is 558 g/mol. The van der Waals surface area contributed by atoms with Gasteiger partial charge in [-0.15, -0.1) is 12.6 Å². The van der Waals surface area contributed by atoms with Crippen LogP contribution < -0.4 is 10.6 Å². The fourth-order valence-corrected chi connectivity index (χ4v) is 4.84. The molecule has 1 unspecified atom stereocenters. The second-order valence-electron chi connectivity index (χ2n) is 11.2. The standard InChI is InChI=1S/C30H58N2O5S/c1-25(2)24-26(30(37)38)32-28(34)21-19-23-31-27(33)20-17-15-13-11-9-7-5-3-4-6-8-10-12-14-16-18-22-29(35)36/h25-26,30,37-38H,3-24H2,1-2H3,(H,31,33)(H,32,34)(H,35,36)/t26-,30?/m0/s1. The fraction of sp³-hybridized carbons (Fsp3) is 0.900. The van der Waals surface area contributed by atoms with Crippen molar-refractivity contribution in [2.45, 2.75) is 160 Å². The number of aliphatic hydroxyl groups excluding tert-OH is 1. The molecule has 0 aliphatic heterocycles. The lowest BCUT2D eigenvalue weighted by Gasteiger charge is -2.22. The topological polar surface area (TPSA) is 116 Å². The molecule has 2 atom stereocenters. The first-order valence-corrected chi connectivity index (χ1v) is 15.9. The van der Waals surface area contributed by atoms with Crippen LogP contribution in [0, 0.1) is 5.92 Å². The lowest BCUT2D eigenvalue weighted by atomic mass is 10.0. The smallest absolute Gasteiger partial charge is 0.303 e. The van der Waals surface area contributed by atoms with E-state index in [1.165, 1.54) is 77.0 Å². The number of unbranched alkanes of at least 4 members (excludes halogenated alkanes) is 15. The van der Waals surface area contributed by atoms with Gasteiger partial charge in [0, 0.05) is 25.8 Å². The molecule has 0 bridgehead atoms. The van der Waals surface area contributed by atoms with Crippen molar-refractivity contribution in [3.8, 4) is 0 Å². The summed E-state index contributed by atoms with van der Waals surface area (Å²) in [7, 11) is 0. The summed E-state index contributed by atoms with van der Waals surface area (Å²) in [6, 6.07) is -0.351. The third kappa shape index (κ3) is 26.3. The van der Waals surface area contributed by atoms with Gasteiger partial charge in [-0.2, -0.15) is 0 Å². The molecule has 0 spiro atoms. The number of amides is 2. The molecule has 38 heavy (non-hydrogen) atoms. The number of thiol groups is 1. The van der Waals surface area contributed by atoms with Crippen LogP contribution in [-0.4, -0.2) is 46.0 Å². The number of carbonyl (C=O) groups is 3. The van der Waals surface area contributed by atoms with Crippen molar-refractivity contribution in [1.29, 1.82) is 0 Å². The van der Waals surface area contributed by atoms with E-state index in [4.69, 9.17) is 5.11 Å². The van der Waals surface area contributed by atoms with Crippen LogP contribution in [0.4, 0.5) is 0 Å². The van der Waals surface area contributed by atoms with Gasteiger partial charge in [-0.3, -0.25) is 14.4 Å². The molecule has 7 nitrogen and oxygen atoms in total. The molecule has 0 heterocycles. The van der Waals surface area contributed by atoms with Gasteiger partial charge >= 0.3 is 5.97 Å². The zero-order valence-corrected chi connectivity index (χ0v) is 25.2. The molecule has 0 fully saturated rings. The van der Waals surface area contributed by atoms with Gasteiger partial charge in [0.05, 0.1) is 6.04 Å². The van der Waals surface area contributed by atoms with E-state index < -0.39 is 11.4 Å². The van der Waals surface area contributed by atoms with Crippen LogP contribution in [-0.2, 0) is 14.4 Å². The first-order chi connectivity index (χ1) is 18.2. The molecule has 0 rings (SSSR count). The predicted molar refractivity (Wildman–Crippen MR) is 159 cm³/mol. The van der Waals surface area contributed by atoms with Crippen LogP contribution in [0.2, 0.25) is 0 Å². The summed E-state index contributed by atoms with van der Waals surface area (Å²) in [5, 5.41) is 24.0. The second kappa shape index (κ2) is 26.0. The van der Waals surface area contributed by atoms with Gasteiger partial charge < -0.3 is 20.8 Å². The second-order valence-corrected chi connectivity index (χ2v) is 11.8. The van der Waals surface area contributed by atoms with Crippen LogP contribution in [0.5, 0.6) is 0 Å². The first kappa shape index (κ1) is 36.7. The van der Waals surface area contributed by atoms with E-state index in [2.05, 4.69) is 23.3 Å². The molecule has 0 aliphatic rings. The van der Waals surface area contributed by atoms with E-state index in [0.29, 0.717) is 44.6 Å². The summed E-state index contributed by atoms with van der Waals surface area (Å²) in [6.45, 7) is 4.57. The summed E-state index contributed by atoms with van der Waals surface area (Å²) in [6.07, 6.45) is 21.7. The van der Waals surface area contributed by atoms with E-state index in [9.17, 15) is 19.5 Å². The molecule has 0 aromatic rings.